The molecule has 0 bridgehead atoms. The van der Waals surface area contributed by atoms with Crippen LogP contribution in [0.15, 0.2) is 54.6 Å². The molecule has 0 aliphatic heterocycles. The SMILES string of the molecule is CC(C)N(c1ccccc1)c1ccc(CN(C)C)cc1. The molecule has 0 unspecified atom stereocenters. The minimum atomic E-state index is 0.428. The molecule has 0 spiro atoms. The van der Waals surface area contributed by atoms with Gasteiger partial charge in [-0.1, -0.05) is 30.3 Å². The lowest BCUT2D eigenvalue weighted by Gasteiger charge is -2.29. The number of benzene rings is 2. The zero-order chi connectivity index (χ0) is 14.5. The molecule has 2 rings (SSSR count). The number of rotatable bonds is 5. The molecule has 0 aromatic heterocycles. The Morgan fingerprint density at radius 2 is 1.35 bits per heavy atom. The predicted molar refractivity (Wildman–Crippen MR) is 87.6 cm³/mol. The molecule has 0 N–H and O–H groups in total. The number of nitrogens with zero attached hydrogens (tertiary/aromatic N) is 2. The van der Waals surface area contributed by atoms with Crippen molar-refractivity contribution < 1.29 is 0 Å². The van der Waals surface area contributed by atoms with E-state index in [2.05, 4.69) is 92.3 Å². The molecular formula is C18H24N2. The molecule has 0 heterocycles. The first-order valence-electron chi connectivity index (χ1n) is 7.16. The molecule has 0 atom stereocenters. The van der Waals surface area contributed by atoms with Gasteiger partial charge in [0.25, 0.3) is 0 Å². The first-order chi connectivity index (χ1) is 9.58. The summed E-state index contributed by atoms with van der Waals surface area (Å²) in [5.41, 5.74) is 3.83. The van der Waals surface area contributed by atoms with Crippen molar-refractivity contribution in [2.24, 2.45) is 0 Å². The molecule has 2 nitrogen and oxygen atoms in total. The second-order valence-corrected chi connectivity index (χ2v) is 5.70. The Bertz CT molecular complexity index is 515. The van der Waals surface area contributed by atoms with Crippen LogP contribution in [0.1, 0.15) is 19.4 Å². The molecule has 2 heteroatoms. The first kappa shape index (κ1) is 14.6. The van der Waals surface area contributed by atoms with Crippen molar-refractivity contribution in [2.75, 3.05) is 19.0 Å². The van der Waals surface area contributed by atoms with Gasteiger partial charge in [-0.2, -0.15) is 0 Å². The Balaban J connectivity index is 2.27. The minimum Gasteiger partial charge on any atom is -0.339 e. The third-order valence-corrected chi connectivity index (χ3v) is 3.26. The third kappa shape index (κ3) is 3.61. The maximum absolute atomic E-state index is 2.36. The van der Waals surface area contributed by atoms with Crippen molar-refractivity contribution in [1.29, 1.82) is 0 Å². The largest absolute Gasteiger partial charge is 0.339 e. The normalized spacial score (nSPS) is 11.1. The van der Waals surface area contributed by atoms with Crippen LogP contribution in [-0.2, 0) is 6.54 Å². The van der Waals surface area contributed by atoms with Gasteiger partial charge in [-0.3, -0.25) is 0 Å². The molecule has 0 radical (unpaired) electrons. The van der Waals surface area contributed by atoms with Crippen LogP contribution in [0.4, 0.5) is 11.4 Å². The van der Waals surface area contributed by atoms with E-state index in [1.165, 1.54) is 16.9 Å². The highest BCUT2D eigenvalue weighted by atomic mass is 15.2. The molecular weight excluding hydrogens is 244 g/mol. The lowest BCUT2D eigenvalue weighted by molar-refractivity contribution is 0.402. The standard InChI is InChI=1S/C18H24N2/c1-15(2)20(17-8-6-5-7-9-17)18-12-10-16(11-13-18)14-19(3)4/h5-13,15H,14H2,1-4H3. The van der Waals surface area contributed by atoms with Gasteiger partial charge in [-0.15, -0.1) is 0 Å². The van der Waals surface area contributed by atoms with Crippen LogP contribution in [0, 0.1) is 0 Å². The van der Waals surface area contributed by atoms with Gasteiger partial charge in [-0.25, -0.2) is 0 Å². The quantitative estimate of drug-likeness (QED) is 0.798. The van der Waals surface area contributed by atoms with Crippen molar-refractivity contribution in [1.82, 2.24) is 4.90 Å². The Kier molecular flexibility index (Phi) is 4.80. The molecule has 0 saturated heterocycles. The molecule has 0 saturated carbocycles. The Morgan fingerprint density at radius 1 is 0.800 bits per heavy atom. The van der Waals surface area contributed by atoms with E-state index < -0.39 is 0 Å². The predicted octanol–water partition coefficient (Wildman–Crippen LogP) is 4.29. The summed E-state index contributed by atoms with van der Waals surface area (Å²) in [4.78, 5) is 4.55. The Hall–Kier alpha value is -1.80. The first-order valence-corrected chi connectivity index (χ1v) is 7.16. The van der Waals surface area contributed by atoms with E-state index >= 15 is 0 Å². The number of hydrogen-bond acceptors (Lipinski definition) is 2. The summed E-state index contributed by atoms with van der Waals surface area (Å²) in [6, 6.07) is 19.8. The topological polar surface area (TPSA) is 6.48 Å². The van der Waals surface area contributed by atoms with E-state index in [1.807, 2.05) is 0 Å². The van der Waals surface area contributed by atoms with E-state index in [4.69, 9.17) is 0 Å². The van der Waals surface area contributed by atoms with E-state index in [1.54, 1.807) is 0 Å². The van der Waals surface area contributed by atoms with Crippen LogP contribution in [0.3, 0.4) is 0 Å². The second-order valence-electron chi connectivity index (χ2n) is 5.70. The molecule has 106 valence electrons. The molecule has 0 fully saturated rings. The zero-order valence-electron chi connectivity index (χ0n) is 12.9. The highest BCUT2D eigenvalue weighted by Gasteiger charge is 2.12. The fourth-order valence-corrected chi connectivity index (χ4v) is 2.46. The Morgan fingerprint density at radius 3 is 1.85 bits per heavy atom. The van der Waals surface area contributed by atoms with Gasteiger partial charge >= 0.3 is 0 Å². The Labute approximate surface area is 122 Å². The summed E-state index contributed by atoms with van der Waals surface area (Å²) < 4.78 is 0. The highest BCUT2D eigenvalue weighted by molar-refractivity contribution is 5.64. The van der Waals surface area contributed by atoms with Crippen LogP contribution in [-0.4, -0.2) is 25.0 Å². The van der Waals surface area contributed by atoms with Gasteiger partial charge in [0.2, 0.25) is 0 Å². The fraction of sp³-hybridized carbons (Fsp3) is 0.333. The van der Waals surface area contributed by atoms with Crippen LogP contribution < -0.4 is 4.90 Å². The van der Waals surface area contributed by atoms with Crippen molar-refractivity contribution >= 4 is 11.4 Å². The van der Waals surface area contributed by atoms with Gasteiger partial charge in [0.1, 0.15) is 0 Å². The summed E-state index contributed by atoms with van der Waals surface area (Å²) in [6.45, 7) is 5.43. The number of para-hydroxylation sites is 1. The smallest absolute Gasteiger partial charge is 0.0413 e. The van der Waals surface area contributed by atoms with Gasteiger partial charge in [0.05, 0.1) is 0 Å². The van der Waals surface area contributed by atoms with Gasteiger partial charge in [-0.05, 0) is 57.8 Å². The number of hydrogen-bond donors (Lipinski definition) is 0. The lowest BCUT2D eigenvalue weighted by Crippen LogP contribution is -2.25. The number of anilines is 2. The average Bonchev–Trinajstić information content (AvgIpc) is 2.41. The van der Waals surface area contributed by atoms with Crippen LogP contribution >= 0.6 is 0 Å². The molecule has 0 aliphatic carbocycles. The summed E-state index contributed by atoms with van der Waals surface area (Å²) in [5, 5.41) is 0. The summed E-state index contributed by atoms with van der Waals surface area (Å²) in [7, 11) is 4.19. The monoisotopic (exact) mass is 268 g/mol. The van der Waals surface area contributed by atoms with Gasteiger partial charge in [0, 0.05) is 24.0 Å². The highest BCUT2D eigenvalue weighted by Crippen LogP contribution is 2.27. The minimum absolute atomic E-state index is 0.428. The van der Waals surface area contributed by atoms with Crippen molar-refractivity contribution in [2.45, 2.75) is 26.4 Å². The van der Waals surface area contributed by atoms with Gasteiger partial charge in [0.15, 0.2) is 0 Å². The molecule has 0 aliphatic rings. The zero-order valence-corrected chi connectivity index (χ0v) is 12.9. The summed E-state index contributed by atoms with van der Waals surface area (Å²) >= 11 is 0. The fourth-order valence-electron chi connectivity index (χ4n) is 2.46. The second kappa shape index (κ2) is 6.58. The van der Waals surface area contributed by atoms with Crippen LogP contribution in [0.25, 0.3) is 0 Å². The van der Waals surface area contributed by atoms with Crippen molar-refractivity contribution in [3.8, 4) is 0 Å². The van der Waals surface area contributed by atoms with E-state index in [0.29, 0.717) is 6.04 Å². The van der Waals surface area contributed by atoms with E-state index in [0.717, 1.165) is 6.54 Å². The maximum Gasteiger partial charge on any atom is 0.0413 e. The van der Waals surface area contributed by atoms with Crippen molar-refractivity contribution in [3.63, 3.8) is 0 Å². The molecule has 2 aromatic carbocycles. The maximum atomic E-state index is 2.36. The lowest BCUT2D eigenvalue weighted by atomic mass is 10.1. The van der Waals surface area contributed by atoms with Crippen LogP contribution in [0.2, 0.25) is 0 Å². The van der Waals surface area contributed by atoms with Gasteiger partial charge < -0.3 is 9.80 Å². The third-order valence-electron chi connectivity index (χ3n) is 3.26. The molecule has 0 amide bonds. The van der Waals surface area contributed by atoms with E-state index in [9.17, 15) is 0 Å². The molecule has 2 aromatic rings. The van der Waals surface area contributed by atoms with E-state index in [-0.39, 0.29) is 0 Å². The summed E-state index contributed by atoms with van der Waals surface area (Å²) in [6.07, 6.45) is 0. The van der Waals surface area contributed by atoms with Crippen LogP contribution in [0.5, 0.6) is 0 Å². The van der Waals surface area contributed by atoms with Crippen molar-refractivity contribution in [3.05, 3.63) is 60.2 Å². The molecule has 20 heavy (non-hydrogen) atoms. The average molecular weight is 268 g/mol. The summed E-state index contributed by atoms with van der Waals surface area (Å²) in [5.74, 6) is 0.